The maximum atomic E-state index is 5.46. The predicted octanol–water partition coefficient (Wildman–Crippen LogP) is 3.24. The predicted molar refractivity (Wildman–Crippen MR) is 89.2 cm³/mol. The molecule has 0 saturated carbocycles. The van der Waals surface area contributed by atoms with E-state index < -0.39 is 0 Å². The number of methoxy groups -OCH3 is 1. The van der Waals surface area contributed by atoms with Crippen molar-refractivity contribution in [2.24, 2.45) is 5.41 Å². The van der Waals surface area contributed by atoms with Crippen molar-refractivity contribution in [3.05, 3.63) is 24.3 Å². The molecule has 0 aromatic heterocycles. The SMILES string of the molecule is COc1ccccc1N1CCN(CC(C)(C)CBr)CC1. The maximum Gasteiger partial charge on any atom is 0.142 e. The van der Waals surface area contributed by atoms with E-state index in [4.69, 9.17) is 4.74 Å². The highest BCUT2D eigenvalue weighted by Crippen LogP contribution is 2.29. The van der Waals surface area contributed by atoms with E-state index in [0.29, 0.717) is 5.41 Å². The highest BCUT2D eigenvalue weighted by atomic mass is 79.9. The minimum atomic E-state index is 0.340. The molecule has 112 valence electrons. The van der Waals surface area contributed by atoms with Crippen molar-refractivity contribution < 1.29 is 4.74 Å². The number of benzene rings is 1. The molecule has 0 aliphatic carbocycles. The minimum Gasteiger partial charge on any atom is -0.495 e. The molecule has 1 saturated heterocycles. The molecule has 0 atom stereocenters. The lowest BCUT2D eigenvalue weighted by molar-refractivity contribution is 0.186. The summed E-state index contributed by atoms with van der Waals surface area (Å²) in [6.07, 6.45) is 0. The molecule has 0 amide bonds. The van der Waals surface area contributed by atoms with Crippen molar-refractivity contribution in [2.75, 3.05) is 50.1 Å². The van der Waals surface area contributed by atoms with Crippen LogP contribution >= 0.6 is 15.9 Å². The summed E-state index contributed by atoms with van der Waals surface area (Å²) in [4.78, 5) is 4.99. The van der Waals surface area contributed by atoms with Crippen molar-refractivity contribution in [1.29, 1.82) is 0 Å². The fourth-order valence-corrected chi connectivity index (χ4v) is 2.86. The van der Waals surface area contributed by atoms with Gasteiger partial charge in [0.25, 0.3) is 0 Å². The monoisotopic (exact) mass is 340 g/mol. The van der Waals surface area contributed by atoms with Crippen molar-refractivity contribution in [3.63, 3.8) is 0 Å². The molecule has 2 rings (SSSR count). The average Bonchev–Trinajstić information content (AvgIpc) is 2.48. The van der Waals surface area contributed by atoms with Gasteiger partial charge in [0, 0.05) is 38.1 Å². The molecule has 20 heavy (non-hydrogen) atoms. The second kappa shape index (κ2) is 6.81. The van der Waals surface area contributed by atoms with Crippen LogP contribution in [-0.4, -0.2) is 50.1 Å². The van der Waals surface area contributed by atoms with E-state index >= 15 is 0 Å². The Morgan fingerprint density at radius 1 is 1.15 bits per heavy atom. The third-order valence-corrected chi connectivity index (χ3v) is 5.33. The van der Waals surface area contributed by atoms with E-state index in [1.54, 1.807) is 7.11 Å². The largest absolute Gasteiger partial charge is 0.495 e. The first-order valence-electron chi connectivity index (χ1n) is 7.22. The van der Waals surface area contributed by atoms with Gasteiger partial charge >= 0.3 is 0 Å². The van der Waals surface area contributed by atoms with Crippen molar-refractivity contribution in [2.45, 2.75) is 13.8 Å². The van der Waals surface area contributed by atoms with Crippen LogP contribution in [-0.2, 0) is 0 Å². The van der Waals surface area contributed by atoms with E-state index in [0.717, 1.165) is 43.8 Å². The van der Waals surface area contributed by atoms with E-state index in [2.05, 4.69) is 51.7 Å². The van der Waals surface area contributed by atoms with Gasteiger partial charge in [0.15, 0.2) is 0 Å². The molecule has 0 N–H and O–H groups in total. The number of nitrogens with zero attached hydrogens (tertiary/aromatic N) is 2. The van der Waals surface area contributed by atoms with Crippen LogP contribution in [0.15, 0.2) is 24.3 Å². The van der Waals surface area contributed by atoms with Crippen LogP contribution < -0.4 is 9.64 Å². The molecule has 0 unspecified atom stereocenters. The molecule has 0 spiro atoms. The summed E-state index contributed by atoms with van der Waals surface area (Å²) >= 11 is 3.61. The van der Waals surface area contributed by atoms with Gasteiger partial charge in [-0.05, 0) is 17.5 Å². The number of hydrogen-bond acceptors (Lipinski definition) is 3. The Labute approximate surface area is 131 Å². The molecule has 3 nitrogen and oxygen atoms in total. The number of alkyl halides is 1. The van der Waals surface area contributed by atoms with Crippen LogP contribution in [0.3, 0.4) is 0 Å². The first-order valence-corrected chi connectivity index (χ1v) is 8.34. The molecule has 1 heterocycles. The molecule has 1 aromatic carbocycles. The lowest BCUT2D eigenvalue weighted by Crippen LogP contribution is -2.49. The van der Waals surface area contributed by atoms with Crippen LogP contribution in [0.4, 0.5) is 5.69 Å². The first kappa shape index (κ1) is 15.6. The van der Waals surface area contributed by atoms with Gasteiger partial charge in [0.05, 0.1) is 12.8 Å². The average molecular weight is 341 g/mol. The van der Waals surface area contributed by atoms with Gasteiger partial charge in [-0.25, -0.2) is 0 Å². The molecule has 4 heteroatoms. The summed E-state index contributed by atoms with van der Waals surface area (Å²) in [7, 11) is 1.74. The van der Waals surface area contributed by atoms with Gasteiger partial charge < -0.3 is 9.64 Å². The van der Waals surface area contributed by atoms with Gasteiger partial charge in [-0.1, -0.05) is 41.9 Å². The van der Waals surface area contributed by atoms with Gasteiger partial charge in [-0.3, -0.25) is 4.90 Å². The Hall–Kier alpha value is -0.740. The lowest BCUT2D eigenvalue weighted by Gasteiger charge is -2.39. The second-order valence-electron chi connectivity index (χ2n) is 6.23. The molecular weight excluding hydrogens is 316 g/mol. The van der Waals surface area contributed by atoms with Gasteiger partial charge in [-0.15, -0.1) is 0 Å². The van der Waals surface area contributed by atoms with Crippen LogP contribution in [0.2, 0.25) is 0 Å². The van der Waals surface area contributed by atoms with Crippen molar-refractivity contribution >= 4 is 21.6 Å². The summed E-state index contributed by atoms with van der Waals surface area (Å²) in [6, 6.07) is 8.29. The first-order chi connectivity index (χ1) is 9.55. The normalized spacial score (nSPS) is 17.3. The van der Waals surface area contributed by atoms with Crippen LogP contribution in [0.5, 0.6) is 5.75 Å². The van der Waals surface area contributed by atoms with Crippen LogP contribution in [0.1, 0.15) is 13.8 Å². The van der Waals surface area contributed by atoms with Crippen LogP contribution in [0.25, 0.3) is 0 Å². The maximum absolute atomic E-state index is 5.46. The smallest absolute Gasteiger partial charge is 0.142 e. The summed E-state index contributed by atoms with van der Waals surface area (Å²) in [6.45, 7) is 10.2. The third kappa shape index (κ3) is 3.89. The second-order valence-corrected chi connectivity index (χ2v) is 6.79. The Morgan fingerprint density at radius 2 is 1.80 bits per heavy atom. The summed E-state index contributed by atoms with van der Waals surface area (Å²) in [5.74, 6) is 0.974. The third-order valence-electron chi connectivity index (χ3n) is 3.81. The minimum absolute atomic E-state index is 0.340. The molecule has 1 aliphatic heterocycles. The molecule has 0 radical (unpaired) electrons. The molecule has 0 bridgehead atoms. The highest BCUT2D eigenvalue weighted by Gasteiger charge is 2.24. The number of halogens is 1. The van der Waals surface area contributed by atoms with E-state index in [-0.39, 0.29) is 0 Å². The number of para-hydroxylation sites is 2. The number of hydrogen-bond donors (Lipinski definition) is 0. The molecular formula is C16H25BrN2O. The van der Waals surface area contributed by atoms with Crippen molar-refractivity contribution in [3.8, 4) is 5.75 Å². The standard InChI is InChI=1S/C16H25BrN2O/c1-16(2,12-17)13-18-8-10-19(11-9-18)14-6-4-5-7-15(14)20-3/h4-7H,8-13H2,1-3H3. The van der Waals surface area contributed by atoms with Gasteiger partial charge in [0.2, 0.25) is 0 Å². The quantitative estimate of drug-likeness (QED) is 0.765. The molecule has 1 aliphatic rings. The zero-order chi connectivity index (χ0) is 14.6. The van der Waals surface area contributed by atoms with Crippen molar-refractivity contribution in [1.82, 2.24) is 4.90 Å². The van der Waals surface area contributed by atoms with E-state index in [1.165, 1.54) is 5.69 Å². The van der Waals surface area contributed by atoms with E-state index in [9.17, 15) is 0 Å². The lowest BCUT2D eigenvalue weighted by atomic mass is 9.95. The Kier molecular flexibility index (Phi) is 5.33. The number of ether oxygens (including phenoxy) is 1. The topological polar surface area (TPSA) is 15.7 Å². The summed E-state index contributed by atoms with van der Waals surface area (Å²) in [5, 5.41) is 1.05. The Bertz CT molecular complexity index is 428. The Morgan fingerprint density at radius 3 is 2.40 bits per heavy atom. The summed E-state index contributed by atoms with van der Waals surface area (Å²) < 4.78 is 5.46. The summed E-state index contributed by atoms with van der Waals surface area (Å²) in [5.41, 5.74) is 1.56. The molecule has 1 aromatic rings. The number of piperazine rings is 1. The molecule has 1 fully saturated rings. The Balaban J connectivity index is 1.94. The van der Waals surface area contributed by atoms with E-state index in [1.807, 2.05) is 12.1 Å². The fraction of sp³-hybridized carbons (Fsp3) is 0.625. The number of rotatable bonds is 5. The van der Waals surface area contributed by atoms with Crippen LogP contribution in [0, 0.1) is 5.41 Å². The van der Waals surface area contributed by atoms with Gasteiger partial charge in [-0.2, -0.15) is 0 Å². The zero-order valence-corrected chi connectivity index (χ0v) is 14.3. The highest BCUT2D eigenvalue weighted by molar-refractivity contribution is 9.09. The number of anilines is 1. The van der Waals surface area contributed by atoms with Gasteiger partial charge in [0.1, 0.15) is 5.75 Å². The zero-order valence-electron chi connectivity index (χ0n) is 12.7. The fourth-order valence-electron chi connectivity index (χ4n) is 2.69.